The van der Waals surface area contributed by atoms with Crippen molar-refractivity contribution in [2.75, 3.05) is 7.05 Å². The van der Waals surface area contributed by atoms with E-state index in [1.165, 1.54) is 11.1 Å². The normalized spacial score (nSPS) is 10.1. The van der Waals surface area contributed by atoms with Gasteiger partial charge in [0, 0.05) is 13.5 Å². The highest BCUT2D eigenvalue weighted by Crippen LogP contribution is 2.19. The number of hydrogen-bond acceptors (Lipinski definition) is 1. The van der Waals surface area contributed by atoms with Gasteiger partial charge in [-0.1, -0.05) is 37.8 Å². The number of carbonyl (C=O) groups excluding carboxylic acids is 1. The highest BCUT2D eigenvalue weighted by Gasteiger charge is 2.01. The molecule has 1 rings (SSSR count). The Hall–Kier alpha value is -1.57. The van der Waals surface area contributed by atoms with Crippen molar-refractivity contribution < 1.29 is 4.79 Å². The molecule has 0 aromatic heterocycles. The molecule has 0 unspecified atom stereocenters. The molecule has 1 N–H and O–H groups in total. The molecule has 0 aliphatic carbocycles. The van der Waals surface area contributed by atoms with Crippen LogP contribution < -0.4 is 5.32 Å². The summed E-state index contributed by atoms with van der Waals surface area (Å²) in [6.07, 6.45) is 4.58. The van der Waals surface area contributed by atoms with Crippen molar-refractivity contribution in [2.24, 2.45) is 0 Å². The predicted molar refractivity (Wildman–Crippen MR) is 77.4 cm³/mol. The summed E-state index contributed by atoms with van der Waals surface area (Å²) < 4.78 is 0. The van der Waals surface area contributed by atoms with E-state index in [1.54, 1.807) is 7.05 Å². The predicted octanol–water partition coefficient (Wildman–Crippen LogP) is 3.57. The number of aryl methyl sites for hydroxylation is 1. The molecule has 1 aromatic carbocycles. The molecular formula is C16H23NO. The van der Waals surface area contributed by atoms with Gasteiger partial charge in [0.25, 0.3) is 0 Å². The van der Waals surface area contributed by atoms with Crippen LogP contribution in [0.15, 0.2) is 30.8 Å². The van der Waals surface area contributed by atoms with E-state index in [1.807, 2.05) is 0 Å². The topological polar surface area (TPSA) is 29.1 Å². The molecule has 0 saturated carbocycles. The molecule has 0 atom stereocenters. The molecule has 0 aliphatic rings. The van der Waals surface area contributed by atoms with E-state index in [-0.39, 0.29) is 5.91 Å². The minimum atomic E-state index is 0.118. The Labute approximate surface area is 110 Å². The first-order chi connectivity index (χ1) is 8.67. The maximum absolute atomic E-state index is 11.1. The van der Waals surface area contributed by atoms with Crippen LogP contribution in [0, 0.1) is 0 Å². The fourth-order valence-electron chi connectivity index (χ4n) is 1.87. The van der Waals surface area contributed by atoms with E-state index in [0.29, 0.717) is 6.42 Å². The molecule has 2 heteroatoms. The average molecular weight is 245 g/mol. The van der Waals surface area contributed by atoms with Crippen LogP contribution in [0.25, 0.3) is 5.57 Å². The third-order valence-corrected chi connectivity index (χ3v) is 3.18. The zero-order valence-electron chi connectivity index (χ0n) is 11.5. The van der Waals surface area contributed by atoms with E-state index in [2.05, 4.69) is 43.1 Å². The Bertz CT molecular complexity index is 392. The third kappa shape index (κ3) is 4.74. The smallest absolute Gasteiger partial charge is 0.219 e. The maximum atomic E-state index is 11.1. The third-order valence-electron chi connectivity index (χ3n) is 3.18. The van der Waals surface area contributed by atoms with E-state index < -0.39 is 0 Å². The number of hydrogen-bond donors (Lipinski definition) is 1. The van der Waals surface area contributed by atoms with Crippen LogP contribution >= 0.6 is 0 Å². The lowest BCUT2D eigenvalue weighted by Crippen LogP contribution is -2.16. The molecule has 2 nitrogen and oxygen atoms in total. The number of benzene rings is 1. The quantitative estimate of drug-likeness (QED) is 0.731. The van der Waals surface area contributed by atoms with Gasteiger partial charge >= 0.3 is 0 Å². The summed E-state index contributed by atoms with van der Waals surface area (Å²) in [6.45, 7) is 6.27. The second-order valence-electron chi connectivity index (χ2n) is 4.53. The Balaban J connectivity index is 2.33. The molecule has 98 valence electrons. The molecule has 0 spiro atoms. The molecule has 18 heavy (non-hydrogen) atoms. The molecule has 0 radical (unpaired) electrons. The number of rotatable bonds is 7. The van der Waals surface area contributed by atoms with Crippen molar-refractivity contribution >= 4 is 11.5 Å². The zero-order valence-corrected chi connectivity index (χ0v) is 11.5. The molecular weight excluding hydrogens is 222 g/mol. The highest BCUT2D eigenvalue weighted by molar-refractivity contribution is 5.75. The second-order valence-corrected chi connectivity index (χ2v) is 4.53. The van der Waals surface area contributed by atoms with Gasteiger partial charge in [0.2, 0.25) is 5.91 Å². The summed E-state index contributed by atoms with van der Waals surface area (Å²) in [7, 11) is 1.68. The fraction of sp³-hybridized carbons (Fsp3) is 0.438. The van der Waals surface area contributed by atoms with Gasteiger partial charge in [-0.2, -0.15) is 0 Å². The Morgan fingerprint density at radius 2 is 1.78 bits per heavy atom. The monoisotopic (exact) mass is 245 g/mol. The van der Waals surface area contributed by atoms with Gasteiger partial charge in [0.15, 0.2) is 0 Å². The molecule has 0 heterocycles. The van der Waals surface area contributed by atoms with Crippen LogP contribution in [0.1, 0.15) is 43.7 Å². The molecule has 0 fully saturated rings. The first-order valence-electron chi connectivity index (χ1n) is 6.65. The van der Waals surface area contributed by atoms with Gasteiger partial charge in [-0.3, -0.25) is 4.79 Å². The number of amides is 1. The number of allylic oxidation sites excluding steroid dienone is 1. The summed E-state index contributed by atoms with van der Waals surface area (Å²) in [5.74, 6) is 0.118. The lowest BCUT2D eigenvalue weighted by molar-refractivity contribution is -0.120. The van der Waals surface area contributed by atoms with E-state index in [0.717, 1.165) is 31.3 Å². The molecule has 0 bridgehead atoms. The minimum absolute atomic E-state index is 0.118. The first-order valence-corrected chi connectivity index (χ1v) is 6.65. The van der Waals surface area contributed by atoms with Crippen molar-refractivity contribution in [1.82, 2.24) is 5.32 Å². The number of nitrogens with one attached hydrogen (secondary N) is 1. The van der Waals surface area contributed by atoms with Crippen molar-refractivity contribution in [3.63, 3.8) is 0 Å². The van der Waals surface area contributed by atoms with Crippen LogP contribution in [-0.2, 0) is 11.2 Å². The van der Waals surface area contributed by atoms with Crippen LogP contribution in [-0.4, -0.2) is 13.0 Å². The van der Waals surface area contributed by atoms with Gasteiger partial charge in [-0.05, 0) is 42.4 Å². The van der Waals surface area contributed by atoms with Crippen molar-refractivity contribution in [1.29, 1.82) is 0 Å². The Kier molecular flexibility index (Phi) is 6.20. The van der Waals surface area contributed by atoms with Gasteiger partial charge in [0.05, 0.1) is 0 Å². The van der Waals surface area contributed by atoms with Crippen LogP contribution in [0.2, 0.25) is 0 Å². The van der Waals surface area contributed by atoms with Crippen LogP contribution in [0.5, 0.6) is 0 Å². The van der Waals surface area contributed by atoms with Crippen molar-refractivity contribution in [3.8, 4) is 0 Å². The van der Waals surface area contributed by atoms with Crippen LogP contribution in [0.4, 0.5) is 0 Å². The lowest BCUT2D eigenvalue weighted by Gasteiger charge is -2.07. The van der Waals surface area contributed by atoms with E-state index in [4.69, 9.17) is 0 Å². The Morgan fingerprint density at radius 3 is 2.33 bits per heavy atom. The summed E-state index contributed by atoms with van der Waals surface area (Å²) in [5, 5.41) is 2.64. The van der Waals surface area contributed by atoms with E-state index >= 15 is 0 Å². The largest absolute Gasteiger partial charge is 0.359 e. The molecule has 1 aromatic rings. The maximum Gasteiger partial charge on any atom is 0.219 e. The van der Waals surface area contributed by atoms with Crippen LogP contribution in [0.3, 0.4) is 0 Å². The fourth-order valence-corrected chi connectivity index (χ4v) is 1.87. The SMILES string of the molecule is C=C(CCCCC(=O)NC)c1ccc(CC)cc1. The lowest BCUT2D eigenvalue weighted by atomic mass is 9.99. The molecule has 0 saturated heterocycles. The molecule has 1 amide bonds. The standard InChI is InChI=1S/C16H23NO/c1-4-14-9-11-15(12-10-14)13(2)7-5-6-8-16(18)17-3/h9-12H,2,4-8H2,1,3H3,(H,17,18). The van der Waals surface area contributed by atoms with Crippen molar-refractivity contribution in [2.45, 2.75) is 39.0 Å². The van der Waals surface area contributed by atoms with E-state index in [9.17, 15) is 4.79 Å². The average Bonchev–Trinajstić information content (AvgIpc) is 2.43. The van der Waals surface area contributed by atoms with Gasteiger partial charge in [-0.15, -0.1) is 0 Å². The summed E-state index contributed by atoms with van der Waals surface area (Å²) in [5.41, 5.74) is 3.73. The molecule has 0 aliphatic heterocycles. The number of carbonyl (C=O) groups is 1. The zero-order chi connectivity index (χ0) is 13.4. The first kappa shape index (κ1) is 14.5. The van der Waals surface area contributed by atoms with Gasteiger partial charge in [-0.25, -0.2) is 0 Å². The van der Waals surface area contributed by atoms with Gasteiger partial charge < -0.3 is 5.32 Å². The van der Waals surface area contributed by atoms with Crippen molar-refractivity contribution in [3.05, 3.63) is 42.0 Å². The minimum Gasteiger partial charge on any atom is -0.359 e. The second kappa shape index (κ2) is 7.70. The highest BCUT2D eigenvalue weighted by atomic mass is 16.1. The summed E-state index contributed by atoms with van der Waals surface area (Å²) >= 11 is 0. The Morgan fingerprint density at radius 1 is 1.17 bits per heavy atom. The summed E-state index contributed by atoms with van der Waals surface area (Å²) in [4.78, 5) is 11.1. The van der Waals surface area contributed by atoms with Gasteiger partial charge in [0.1, 0.15) is 0 Å². The summed E-state index contributed by atoms with van der Waals surface area (Å²) in [6, 6.07) is 8.59. The number of unbranched alkanes of at least 4 members (excludes halogenated alkanes) is 1.